The number of amides is 1. The number of nitrogens with zero attached hydrogens (tertiary/aromatic N) is 2. The molecule has 5 nitrogen and oxygen atoms in total. The summed E-state index contributed by atoms with van der Waals surface area (Å²) in [6, 6.07) is 7.46. The fraction of sp³-hybridized carbons (Fsp3) is 0.333. The topological polar surface area (TPSA) is 55.6 Å². The molecule has 0 fully saturated rings. The summed E-state index contributed by atoms with van der Waals surface area (Å²) in [6.07, 6.45) is 0.728. The molecule has 21 heavy (non-hydrogen) atoms. The molecule has 0 radical (unpaired) electrons. The number of aromatic nitrogens is 1. The van der Waals surface area contributed by atoms with Crippen molar-refractivity contribution in [3.8, 4) is 11.3 Å². The fourth-order valence-corrected chi connectivity index (χ4v) is 2.61. The lowest BCUT2D eigenvalue weighted by Gasteiger charge is -2.25. The first-order valence-electron chi connectivity index (χ1n) is 6.69. The highest BCUT2D eigenvalue weighted by molar-refractivity contribution is 6.30. The van der Waals surface area contributed by atoms with Gasteiger partial charge in [-0.25, -0.2) is 0 Å². The molecule has 0 saturated heterocycles. The normalized spacial score (nSPS) is 14.1. The molecule has 0 N–H and O–H groups in total. The Morgan fingerprint density at radius 2 is 2.19 bits per heavy atom. The minimum atomic E-state index is -0.0285. The van der Waals surface area contributed by atoms with Crippen LogP contribution in [-0.4, -0.2) is 36.2 Å². The van der Waals surface area contributed by atoms with Gasteiger partial charge in [0.15, 0.2) is 5.76 Å². The molecule has 1 amide bonds. The van der Waals surface area contributed by atoms with Crippen LogP contribution in [0.1, 0.15) is 11.3 Å². The van der Waals surface area contributed by atoms with Crippen LogP contribution in [0.3, 0.4) is 0 Å². The van der Waals surface area contributed by atoms with Gasteiger partial charge in [0.2, 0.25) is 5.91 Å². The lowest BCUT2D eigenvalue weighted by atomic mass is 10.0. The van der Waals surface area contributed by atoms with Crippen molar-refractivity contribution in [1.29, 1.82) is 0 Å². The SMILES string of the molecule is COCC(=O)N1CCc2c(noc2-c2ccc(Cl)cc2)C1. The standard InChI is InChI=1S/C15H15ClN2O3/c1-20-9-14(19)18-7-6-12-13(8-18)17-21-15(12)10-2-4-11(16)5-3-10/h2-5H,6-9H2,1H3. The van der Waals surface area contributed by atoms with Gasteiger partial charge in [-0.2, -0.15) is 0 Å². The number of ether oxygens (including phenoxy) is 1. The second-order valence-electron chi connectivity index (χ2n) is 4.94. The first kappa shape index (κ1) is 14.1. The molecule has 0 unspecified atom stereocenters. The van der Waals surface area contributed by atoms with Crippen molar-refractivity contribution in [2.75, 3.05) is 20.3 Å². The maximum atomic E-state index is 11.9. The maximum absolute atomic E-state index is 11.9. The third-order valence-electron chi connectivity index (χ3n) is 3.57. The zero-order valence-electron chi connectivity index (χ0n) is 11.6. The molecule has 0 atom stereocenters. The molecule has 1 aromatic carbocycles. The van der Waals surface area contributed by atoms with Crippen LogP contribution in [-0.2, 0) is 22.5 Å². The summed E-state index contributed by atoms with van der Waals surface area (Å²) in [7, 11) is 1.52. The summed E-state index contributed by atoms with van der Waals surface area (Å²) in [4.78, 5) is 13.6. The Labute approximate surface area is 127 Å². The molecule has 0 bridgehead atoms. The number of halogens is 1. The number of benzene rings is 1. The highest BCUT2D eigenvalue weighted by Gasteiger charge is 2.26. The lowest BCUT2D eigenvalue weighted by molar-refractivity contribution is -0.136. The second-order valence-corrected chi connectivity index (χ2v) is 5.38. The predicted octanol–water partition coefficient (Wildman–Crippen LogP) is 2.53. The van der Waals surface area contributed by atoms with Gasteiger partial charge in [0.25, 0.3) is 0 Å². The largest absolute Gasteiger partial charge is 0.375 e. The zero-order chi connectivity index (χ0) is 14.8. The Morgan fingerprint density at radius 1 is 1.43 bits per heavy atom. The van der Waals surface area contributed by atoms with Crippen LogP contribution >= 0.6 is 11.6 Å². The van der Waals surface area contributed by atoms with E-state index in [0.717, 1.165) is 29.0 Å². The summed E-state index contributed by atoms with van der Waals surface area (Å²) in [5.41, 5.74) is 2.83. The molecule has 2 heterocycles. The van der Waals surface area contributed by atoms with Crippen LogP contribution < -0.4 is 0 Å². The summed E-state index contributed by atoms with van der Waals surface area (Å²) < 4.78 is 10.4. The predicted molar refractivity (Wildman–Crippen MR) is 77.9 cm³/mol. The number of carbonyl (C=O) groups excluding carboxylic acids is 1. The van der Waals surface area contributed by atoms with Gasteiger partial charge < -0.3 is 14.2 Å². The highest BCUT2D eigenvalue weighted by atomic mass is 35.5. The maximum Gasteiger partial charge on any atom is 0.248 e. The van der Waals surface area contributed by atoms with Gasteiger partial charge in [-0.15, -0.1) is 0 Å². The van der Waals surface area contributed by atoms with Crippen LogP contribution in [0.4, 0.5) is 0 Å². The molecule has 110 valence electrons. The Kier molecular flexibility index (Phi) is 3.94. The van der Waals surface area contributed by atoms with Crippen molar-refractivity contribution >= 4 is 17.5 Å². The summed E-state index contributed by atoms with van der Waals surface area (Å²) >= 11 is 5.90. The summed E-state index contributed by atoms with van der Waals surface area (Å²) in [5.74, 6) is 0.736. The first-order chi connectivity index (χ1) is 10.2. The molecular formula is C15H15ClN2O3. The molecular weight excluding hydrogens is 292 g/mol. The average Bonchev–Trinajstić information content (AvgIpc) is 2.91. The van der Waals surface area contributed by atoms with E-state index < -0.39 is 0 Å². The molecule has 1 aliphatic heterocycles. The van der Waals surface area contributed by atoms with Crippen LogP contribution in [0, 0.1) is 0 Å². The third-order valence-corrected chi connectivity index (χ3v) is 3.82. The van der Waals surface area contributed by atoms with Gasteiger partial charge in [0.1, 0.15) is 12.3 Å². The Balaban J connectivity index is 1.84. The average molecular weight is 307 g/mol. The minimum absolute atomic E-state index is 0.0285. The molecule has 0 spiro atoms. The monoisotopic (exact) mass is 306 g/mol. The molecule has 6 heteroatoms. The van der Waals surface area contributed by atoms with Crippen molar-refractivity contribution < 1.29 is 14.1 Å². The minimum Gasteiger partial charge on any atom is -0.375 e. The second kappa shape index (κ2) is 5.87. The van der Waals surface area contributed by atoms with Crippen molar-refractivity contribution in [2.45, 2.75) is 13.0 Å². The number of methoxy groups -OCH3 is 1. The third kappa shape index (κ3) is 2.80. The molecule has 3 rings (SSSR count). The fourth-order valence-electron chi connectivity index (χ4n) is 2.49. The molecule has 0 aliphatic carbocycles. The van der Waals surface area contributed by atoms with Gasteiger partial charge in [0, 0.05) is 29.8 Å². The van der Waals surface area contributed by atoms with Crippen LogP contribution in [0.15, 0.2) is 28.8 Å². The van der Waals surface area contributed by atoms with E-state index in [4.69, 9.17) is 20.9 Å². The Morgan fingerprint density at radius 3 is 2.90 bits per heavy atom. The number of carbonyl (C=O) groups is 1. The highest BCUT2D eigenvalue weighted by Crippen LogP contribution is 2.30. The van der Waals surface area contributed by atoms with Crippen LogP contribution in [0.25, 0.3) is 11.3 Å². The van der Waals surface area contributed by atoms with Crippen molar-refractivity contribution in [2.24, 2.45) is 0 Å². The van der Waals surface area contributed by atoms with E-state index in [1.54, 1.807) is 4.90 Å². The van der Waals surface area contributed by atoms with Gasteiger partial charge in [-0.05, 0) is 30.7 Å². The van der Waals surface area contributed by atoms with E-state index in [9.17, 15) is 4.79 Å². The molecule has 0 saturated carbocycles. The van der Waals surface area contributed by atoms with Gasteiger partial charge in [-0.3, -0.25) is 4.79 Å². The van der Waals surface area contributed by atoms with E-state index in [-0.39, 0.29) is 12.5 Å². The van der Waals surface area contributed by atoms with Crippen molar-refractivity contribution in [3.05, 3.63) is 40.5 Å². The van der Waals surface area contributed by atoms with E-state index in [2.05, 4.69) is 5.16 Å². The Bertz CT molecular complexity index is 651. The number of fused-ring (bicyclic) bond motifs is 1. The van der Waals surface area contributed by atoms with E-state index >= 15 is 0 Å². The number of hydrogen-bond donors (Lipinski definition) is 0. The summed E-state index contributed by atoms with van der Waals surface area (Å²) in [5, 5.41) is 4.79. The van der Waals surface area contributed by atoms with Gasteiger partial charge in [0.05, 0.1) is 6.54 Å². The van der Waals surface area contributed by atoms with Crippen molar-refractivity contribution in [3.63, 3.8) is 0 Å². The first-order valence-corrected chi connectivity index (χ1v) is 7.07. The quantitative estimate of drug-likeness (QED) is 0.874. The van der Waals surface area contributed by atoms with Crippen LogP contribution in [0.5, 0.6) is 0 Å². The van der Waals surface area contributed by atoms with Gasteiger partial charge >= 0.3 is 0 Å². The van der Waals surface area contributed by atoms with E-state index in [0.29, 0.717) is 18.1 Å². The van der Waals surface area contributed by atoms with Gasteiger partial charge in [-0.1, -0.05) is 16.8 Å². The summed E-state index contributed by atoms with van der Waals surface area (Å²) in [6.45, 7) is 1.21. The number of hydrogen-bond acceptors (Lipinski definition) is 4. The van der Waals surface area contributed by atoms with Crippen molar-refractivity contribution in [1.82, 2.24) is 10.1 Å². The smallest absolute Gasteiger partial charge is 0.248 e. The number of rotatable bonds is 3. The van der Waals surface area contributed by atoms with E-state index in [1.807, 2.05) is 24.3 Å². The lowest BCUT2D eigenvalue weighted by Crippen LogP contribution is -2.38. The Hall–Kier alpha value is -1.85. The zero-order valence-corrected chi connectivity index (χ0v) is 12.4. The molecule has 1 aliphatic rings. The molecule has 2 aromatic rings. The molecule has 1 aromatic heterocycles. The van der Waals surface area contributed by atoms with Crippen LogP contribution in [0.2, 0.25) is 5.02 Å². The van der Waals surface area contributed by atoms with E-state index in [1.165, 1.54) is 7.11 Å².